The molecular weight excluding hydrogens is 256 g/mol. The summed E-state index contributed by atoms with van der Waals surface area (Å²) in [5, 5.41) is 2.49. The molecule has 1 heterocycles. The van der Waals surface area contributed by atoms with E-state index in [1.165, 1.54) is 6.92 Å². The highest BCUT2D eigenvalue weighted by molar-refractivity contribution is 5.86. The minimum Gasteiger partial charge on any atom is -0.497 e. The molecule has 2 rings (SSSR count). The maximum atomic E-state index is 10.9. The van der Waals surface area contributed by atoms with Gasteiger partial charge in [-0.05, 0) is 17.7 Å². The molecule has 0 atom stereocenters. The topological polar surface area (TPSA) is 90.1 Å². The Bertz CT molecular complexity index is 611. The Morgan fingerprint density at radius 2 is 2.05 bits per heavy atom. The molecule has 0 fully saturated rings. The number of ether oxygens (including phenoxy) is 1. The molecule has 0 unspecified atom stereocenters. The van der Waals surface area contributed by atoms with Crippen molar-refractivity contribution in [2.24, 2.45) is 0 Å². The van der Waals surface area contributed by atoms with Crippen LogP contribution in [0.25, 0.3) is 0 Å². The first-order chi connectivity index (χ1) is 9.58. The molecule has 0 aliphatic rings. The predicted molar refractivity (Wildman–Crippen MR) is 76.5 cm³/mol. The molecule has 0 bridgehead atoms. The van der Waals surface area contributed by atoms with Crippen LogP contribution in [0.15, 0.2) is 30.5 Å². The molecule has 1 amide bonds. The lowest BCUT2D eigenvalue weighted by molar-refractivity contribution is -0.114. The molecule has 3 N–H and O–H groups in total. The predicted octanol–water partition coefficient (Wildman–Crippen LogP) is 1.62. The summed E-state index contributed by atoms with van der Waals surface area (Å²) in [4.78, 5) is 19.0. The van der Waals surface area contributed by atoms with Gasteiger partial charge in [-0.2, -0.15) is 4.98 Å². The number of carbonyl (C=O) groups excluding carboxylic acids is 1. The van der Waals surface area contributed by atoms with Gasteiger partial charge >= 0.3 is 0 Å². The average Bonchev–Trinajstić information content (AvgIpc) is 2.42. The highest BCUT2D eigenvalue weighted by Gasteiger charge is 2.06. The highest BCUT2D eigenvalue weighted by atomic mass is 16.5. The average molecular weight is 272 g/mol. The fraction of sp³-hybridized carbons (Fsp3) is 0.214. The Hall–Kier alpha value is -2.63. The molecule has 0 radical (unpaired) electrons. The SMILES string of the molecule is COc1ccc(Cc2cnc(NC(C)=O)nc2N)cc1. The van der Waals surface area contributed by atoms with E-state index < -0.39 is 0 Å². The molecule has 2 aromatic rings. The van der Waals surface area contributed by atoms with Crippen molar-refractivity contribution in [1.82, 2.24) is 9.97 Å². The van der Waals surface area contributed by atoms with Crippen LogP contribution in [0, 0.1) is 0 Å². The third-order valence-electron chi connectivity index (χ3n) is 2.74. The van der Waals surface area contributed by atoms with Gasteiger partial charge in [-0.25, -0.2) is 4.98 Å². The Balaban J connectivity index is 2.14. The summed E-state index contributed by atoms with van der Waals surface area (Å²) in [7, 11) is 1.63. The van der Waals surface area contributed by atoms with Crippen molar-refractivity contribution >= 4 is 17.7 Å². The molecular formula is C14H16N4O2. The molecule has 20 heavy (non-hydrogen) atoms. The van der Waals surface area contributed by atoms with Crippen LogP contribution in [-0.2, 0) is 11.2 Å². The quantitative estimate of drug-likeness (QED) is 0.882. The van der Waals surface area contributed by atoms with Crippen LogP contribution in [0.5, 0.6) is 5.75 Å². The van der Waals surface area contributed by atoms with Crippen molar-refractivity contribution in [3.05, 3.63) is 41.6 Å². The van der Waals surface area contributed by atoms with Crippen LogP contribution in [-0.4, -0.2) is 23.0 Å². The van der Waals surface area contributed by atoms with E-state index in [-0.39, 0.29) is 11.9 Å². The lowest BCUT2D eigenvalue weighted by atomic mass is 10.1. The number of amides is 1. The zero-order valence-corrected chi connectivity index (χ0v) is 11.4. The van der Waals surface area contributed by atoms with Gasteiger partial charge in [0.1, 0.15) is 11.6 Å². The summed E-state index contributed by atoms with van der Waals surface area (Å²) in [5.41, 5.74) is 7.76. The van der Waals surface area contributed by atoms with Crippen LogP contribution in [0.3, 0.4) is 0 Å². The van der Waals surface area contributed by atoms with Gasteiger partial charge in [-0.15, -0.1) is 0 Å². The summed E-state index contributed by atoms with van der Waals surface area (Å²) < 4.78 is 5.11. The highest BCUT2D eigenvalue weighted by Crippen LogP contribution is 2.18. The molecule has 104 valence electrons. The summed E-state index contributed by atoms with van der Waals surface area (Å²) >= 11 is 0. The van der Waals surface area contributed by atoms with Gasteiger partial charge in [0.05, 0.1) is 7.11 Å². The van der Waals surface area contributed by atoms with Crippen LogP contribution in [0.1, 0.15) is 18.1 Å². The summed E-state index contributed by atoms with van der Waals surface area (Å²) in [6, 6.07) is 7.69. The molecule has 1 aromatic heterocycles. The first kappa shape index (κ1) is 13.8. The maximum Gasteiger partial charge on any atom is 0.231 e. The van der Waals surface area contributed by atoms with Gasteiger partial charge in [-0.1, -0.05) is 12.1 Å². The normalized spacial score (nSPS) is 10.1. The van der Waals surface area contributed by atoms with Crippen molar-refractivity contribution < 1.29 is 9.53 Å². The third-order valence-corrected chi connectivity index (χ3v) is 2.74. The zero-order chi connectivity index (χ0) is 14.5. The molecule has 6 heteroatoms. The number of methoxy groups -OCH3 is 1. The van der Waals surface area contributed by atoms with E-state index in [9.17, 15) is 4.79 Å². The van der Waals surface area contributed by atoms with E-state index in [0.29, 0.717) is 12.2 Å². The van der Waals surface area contributed by atoms with E-state index in [4.69, 9.17) is 10.5 Å². The third kappa shape index (κ3) is 3.44. The number of hydrogen-bond acceptors (Lipinski definition) is 5. The second kappa shape index (κ2) is 6.01. The van der Waals surface area contributed by atoms with Crippen molar-refractivity contribution in [2.45, 2.75) is 13.3 Å². The fourth-order valence-electron chi connectivity index (χ4n) is 1.74. The number of nitrogens with two attached hydrogens (primary N) is 1. The number of nitrogens with one attached hydrogen (secondary N) is 1. The number of aromatic nitrogens is 2. The lowest BCUT2D eigenvalue weighted by Gasteiger charge is -2.07. The lowest BCUT2D eigenvalue weighted by Crippen LogP contribution is -2.11. The van der Waals surface area contributed by atoms with Crippen LogP contribution >= 0.6 is 0 Å². The van der Waals surface area contributed by atoms with E-state index in [1.807, 2.05) is 24.3 Å². The molecule has 0 spiro atoms. The van der Waals surface area contributed by atoms with Crippen molar-refractivity contribution in [3.8, 4) is 5.75 Å². The van der Waals surface area contributed by atoms with E-state index in [0.717, 1.165) is 16.9 Å². The summed E-state index contributed by atoms with van der Waals surface area (Å²) in [6.45, 7) is 1.39. The number of carbonyl (C=O) groups is 1. The first-order valence-corrected chi connectivity index (χ1v) is 6.10. The summed E-state index contributed by atoms with van der Waals surface area (Å²) in [6.07, 6.45) is 2.24. The standard InChI is InChI=1S/C14H16N4O2/c1-9(19)17-14-16-8-11(13(15)18-14)7-10-3-5-12(20-2)6-4-10/h3-6,8H,7H2,1-2H3,(H3,15,16,17,18,19). The Labute approximate surface area is 117 Å². The smallest absolute Gasteiger partial charge is 0.231 e. The van der Waals surface area contributed by atoms with Crippen LogP contribution in [0.4, 0.5) is 11.8 Å². The molecule has 0 saturated carbocycles. The minimum absolute atomic E-state index is 0.216. The largest absolute Gasteiger partial charge is 0.497 e. The Morgan fingerprint density at radius 1 is 1.35 bits per heavy atom. The van der Waals surface area contributed by atoms with Gasteiger partial charge in [0.2, 0.25) is 11.9 Å². The second-order valence-corrected chi connectivity index (χ2v) is 4.31. The van der Waals surface area contributed by atoms with Crippen LogP contribution < -0.4 is 15.8 Å². The van der Waals surface area contributed by atoms with E-state index in [1.54, 1.807) is 13.3 Å². The second-order valence-electron chi connectivity index (χ2n) is 4.31. The van der Waals surface area contributed by atoms with Gasteiger partial charge in [0, 0.05) is 25.1 Å². The van der Waals surface area contributed by atoms with Gasteiger partial charge in [0.25, 0.3) is 0 Å². The molecule has 0 aliphatic carbocycles. The first-order valence-electron chi connectivity index (χ1n) is 6.10. The van der Waals surface area contributed by atoms with Crippen molar-refractivity contribution in [3.63, 3.8) is 0 Å². The molecule has 1 aromatic carbocycles. The fourth-order valence-corrected chi connectivity index (χ4v) is 1.74. The minimum atomic E-state index is -0.229. The Morgan fingerprint density at radius 3 is 2.60 bits per heavy atom. The maximum absolute atomic E-state index is 10.9. The molecule has 0 saturated heterocycles. The monoisotopic (exact) mass is 272 g/mol. The van der Waals surface area contributed by atoms with E-state index >= 15 is 0 Å². The number of hydrogen-bond donors (Lipinski definition) is 2. The zero-order valence-electron chi connectivity index (χ0n) is 11.4. The molecule has 6 nitrogen and oxygen atoms in total. The van der Waals surface area contributed by atoms with Gasteiger partial charge < -0.3 is 10.5 Å². The number of rotatable bonds is 4. The number of nitrogen functional groups attached to an aromatic ring is 1. The van der Waals surface area contributed by atoms with Crippen LogP contribution in [0.2, 0.25) is 0 Å². The Kier molecular flexibility index (Phi) is 4.14. The van der Waals surface area contributed by atoms with Gasteiger partial charge in [-0.3, -0.25) is 10.1 Å². The number of anilines is 2. The van der Waals surface area contributed by atoms with E-state index in [2.05, 4.69) is 15.3 Å². The summed E-state index contributed by atoms with van der Waals surface area (Å²) in [5.74, 6) is 1.15. The van der Waals surface area contributed by atoms with Crippen molar-refractivity contribution in [1.29, 1.82) is 0 Å². The number of benzene rings is 1. The number of nitrogens with zero attached hydrogens (tertiary/aromatic N) is 2. The van der Waals surface area contributed by atoms with Crippen molar-refractivity contribution in [2.75, 3.05) is 18.2 Å². The van der Waals surface area contributed by atoms with Gasteiger partial charge in [0.15, 0.2) is 0 Å². The molecule has 0 aliphatic heterocycles.